The lowest BCUT2D eigenvalue weighted by molar-refractivity contribution is -0.124. The van der Waals surface area contributed by atoms with Crippen molar-refractivity contribution in [1.82, 2.24) is 5.48 Å². The van der Waals surface area contributed by atoms with E-state index in [2.05, 4.69) is 21.2 Å². The molecule has 9 nitrogen and oxygen atoms in total. The molecule has 0 saturated carbocycles. The fourth-order valence-corrected chi connectivity index (χ4v) is 3.84. The highest BCUT2D eigenvalue weighted by Crippen LogP contribution is 2.34. The number of rotatable bonds is 13. The topological polar surface area (TPSA) is 126 Å². The SMILES string of the molecule is O=C(/C=C/CC[C@H](Oc1ccccc1)[C@@H](OC(=O)Nc1ccc(Br)cc1)c1ccccc1OCCO)NO. The molecule has 200 valence electrons. The van der Waals surface area contributed by atoms with Crippen molar-refractivity contribution in [3.8, 4) is 11.5 Å². The first kappa shape index (κ1) is 28.7. The van der Waals surface area contributed by atoms with Crippen LogP contribution in [0.25, 0.3) is 0 Å². The van der Waals surface area contributed by atoms with Crippen LogP contribution in [0.4, 0.5) is 10.5 Å². The van der Waals surface area contributed by atoms with E-state index in [1.165, 1.54) is 6.08 Å². The Labute approximate surface area is 229 Å². The minimum atomic E-state index is -0.930. The second-order valence-electron chi connectivity index (χ2n) is 7.99. The maximum atomic E-state index is 13.0. The number of ether oxygens (including phenoxy) is 3. The Morgan fingerprint density at radius 1 is 0.974 bits per heavy atom. The van der Waals surface area contributed by atoms with Crippen LogP contribution < -0.4 is 20.3 Å². The van der Waals surface area contributed by atoms with Crippen molar-refractivity contribution in [1.29, 1.82) is 0 Å². The number of hydrogen-bond acceptors (Lipinski definition) is 7. The van der Waals surface area contributed by atoms with Gasteiger partial charge in [-0.05, 0) is 55.3 Å². The van der Waals surface area contributed by atoms with Gasteiger partial charge in [-0.15, -0.1) is 0 Å². The normalized spacial score (nSPS) is 12.4. The largest absolute Gasteiger partial charge is 0.491 e. The van der Waals surface area contributed by atoms with Gasteiger partial charge in [0.2, 0.25) is 0 Å². The third-order valence-electron chi connectivity index (χ3n) is 5.26. The molecule has 0 heterocycles. The van der Waals surface area contributed by atoms with Crippen LogP contribution in [-0.2, 0) is 9.53 Å². The Hall–Kier alpha value is -3.86. The van der Waals surface area contributed by atoms with Crippen LogP contribution in [0.2, 0.25) is 0 Å². The number of aliphatic hydroxyl groups is 1. The maximum absolute atomic E-state index is 13.0. The molecule has 3 aromatic rings. The zero-order chi connectivity index (χ0) is 27.2. The van der Waals surface area contributed by atoms with E-state index in [-0.39, 0.29) is 13.2 Å². The molecule has 0 radical (unpaired) electrons. The van der Waals surface area contributed by atoms with E-state index in [1.807, 2.05) is 18.2 Å². The van der Waals surface area contributed by atoms with E-state index in [0.717, 1.165) is 4.47 Å². The van der Waals surface area contributed by atoms with Crippen molar-refractivity contribution in [3.05, 3.63) is 101 Å². The van der Waals surface area contributed by atoms with E-state index < -0.39 is 24.2 Å². The molecule has 0 bridgehead atoms. The number of amides is 2. The molecule has 0 aliphatic rings. The number of halogens is 1. The Morgan fingerprint density at radius 3 is 2.39 bits per heavy atom. The van der Waals surface area contributed by atoms with E-state index in [9.17, 15) is 14.7 Å². The van der Waals surface area contributed by atoms with Gasteiger partial charge in [0.25, 0.3) is 5.91 Å². The molecular weight excluding hydrogens is 556 g/mol. The summed E-state index contributed by atoms with van der Waals surface area (Å²) in [6.07, 6.45) is 1.17. The zero-order valence-corrected chi connectivity index (χ0v) is 22.0. The monoisotopic (exact) mass is 584 g/mol. The van der Waals surface area contributed by atoms with E-state index in [1.54, 1.807) is 72.2 Å². The molecule has 2 amide bonds. The second-order valence-corrected chi connectivity index (χ2v) is 8.91. The number of carbonyl (C=O) groups excluding carboxylic acids is 2. The molecule has 0 aliphatic heterocycles. The van der Waals surface area contributed by atoms with Crippen molar-refractivity contribution in [2.45, 2.75) is 25.0 Å². The molecule has 0 fully saturated rings. The molecule has 0 spiro atoms. The van der Waals surface area contributed by atoms with Crippen molar-refractivity contribution >= 4 is 33.6 Å². The first-order valence-electron chi connectivity index (χ1n) is 11.9. The minimum absolute atomic E-state index is 0.0536. The summed E-state index contributed by atoms with van der Waals surface area (Å²) in [6.45, 7) is -0.135. The fraction of sp³-hybridized carbons (Fsp3) is 0.214. The van der Waals surface area contributed by atoms with Crippen LogP contribution in [0.1, 0.15) is 24.5 Å². The first-order valence-corrected chi connectivity index (χ1v) is 12.7. The van der Waals surface area contributed by atoms with Gasteiger partial charge >= 0.3 is 6.09 Å². The van der Waals surface area contributed by atoms with E-state index in [0.29, 0.717) is 35.6 Å². The second kappa shape index (κ2) is 15.4. The maximum Gasteiger partial charge on any atom is 0.412 e. The number of para-hydroxylation sites is 2. The number of carbonyl (C=O) groups is 2. The highest BCUT2D eigenvalue weighted by atomic mass is 79.9. The highest BCUT2D eigenvalue weighted by molar-refractivity contribution is 9.10. The minimum Gasteiger partial charge on any atom is -0.491 e. The van der Waals surface area contributed by atoms with Gasteiger partial charge in [0.15, 0.2) is 6.10 Å². The number of nitrogens with one attached hydrogen (secondary N) is 2. The smallest absolute Gasteiger partial charge is 0.412 e. The molecule has 3 rings (SSSR count). The summed E-state index contributed by atoms with van der Waals surface area (Å²) in [5, 5.41) is 20.8. The van der Waals surface area contributed by atoms with Gasteiger partial charge in [0, 0.05) is 21.8 Å². The van der Waals surface area contributed by atoms with Crippen LogP contribution in [-0.4, -0.2) is 41.6 Å². The fourth-order valence-electron chi connectivity index (χ4n) is 3.57. The Kier molecular flexibility index (Phi) is 11.6. The average Bonchev–Trinajstić information content (AvgIpc) is 2.94. The van der Waals surface area contributed by atoms with Crippen LogP contribution in [0, 0.1) is 0 Å². The summed E-state index contributed by atoms with van der Waals surface area (Å²) < 4.78 is 18.8. The highest BCUT2D eigenvalue weighted by Gasteiger charge is 2.31. The van der Waals surface area contributed by atoms with Gasteiger partial charge in [-0.3, -0.25) is 15.3 Å². The quantitative estimate of drug-likeness (QED) is 0.120. The third kappa shape index (κ3) is 9.22. The Bertz CT molecular complexity index is 1190. The van der Waals surface area contributed by atoms with Gasteiger partial charge in [-0.1, -0.05) is 58.4 Å². The number of hydroxylamine groups is 1. The molecule has 0 aliphatic carbocycles. The van der Waals surface area contributed by atoms with Crippen molar-refractivity contribution < 1.29 is 34.1 Å². The van der Waals surface area contributed by atoms with E-state index in [4.69, 9.17) is 19.4 Å². The van der Waals surface area contributed by atoms with Crippen LogP contribution in [0.15, 0.2) is 95.5 Å². The van der Waals surface area contributed by atoms with Crippen LogP contribution in [0.3, 0.4) is 0 Å². The van der Waals surface area contributed by atoms with Crippen LogP contribution in [0.5, 0.6) is 11.5 Å². The Morgan fingerprint density at radius 2 is 1.68 bits per heavy atom. The standard InChI is InChI=1S/C28H29BrN2O7/c29-20-14-16-21(17-15-20)30-28(34)38-27(23-10-4-5-11-24(23)36-19-18-32)25(12-6-7-13-26(33)31-35)37-22-8-2-1-3-9-22/h1-5,7-11,13-17,25,27,32,35H,6,12,18-19H2,(H,30,34)(H,31,33)/b13-7+/t25-,27-/m0/s1. The molecule has 0 aromatic heterocycles. The molecule has 0 saturated heterocycles. The number of anilines is 1. The molecule has 2 atom stereocenters. The number of benzene rings is 3. The van der Waals surface area contributed by atoms with Gasteiger partial charge in [0.05, 0.1) is 6.61 Å². The first-order chi connectivity index (χ1) is 18.5. The molecule has 3 aromatic carbocycles. The molecular formula is C28H29BrN2O7. The van der Waals surface area contributed by atoms with Gasteiger partial charge < -0.3 is 19.3 Å². The average molecular weight is 585 g/mol. The molecule has 0 unspecified atom stereocenters. The summed E-state index contributed by atoms with van der Waals surface area (Å²) >= 11 is 3.37. The molecule has 4 N–H and O–H groups in total. The summed E-state index contributed by atoms with van der Waals surface area (Å²) in [7, 11) is 0. The lowest BCUT2D eigenvalue weighted by atomic mass is 9.99. The summed E-state index contributed by atoms with van der Waals surface area (Å²) in [5.41, 5.74) is 2.63. The zero-order valence-electron chi connectivity index (χ0n) is 20.5. The van der Waals surface area contributed by atoms with Gasteiger partial charge in [-0.25, -0.2) is 10.3 Å². The summed E-state index contributed by atoms with van der Waals surface area (Å²) in [6, 6.07) is 23.2. The summed E-state index contributed by atoms with van der Waals surface area (Å²) in [4.78, 5) is 24.4. The lowest BCUT2D eigenvalue weighted by Crippen LogP contribution is -2.31. The molecule has 38 heavy (non-hydrogen) atoms. The van der Waals surface area contributed by atoms with Gasteiger partial charge in [-0.2, -0.15) is 0 Å². The predicted molar refractivity (Wildman–Crippen MR) is 145 cm³/mol. The third-order valence-corrected chi connectivity index (χ3v) is 5.79. The van der Waals surface area contributed by atoms with Crippen LogP contribution >= 0.6 is 15.9 Å². The van der Waals surface area contributed by atoms with Gasteiger partial charge in [0.1, 0.15) is 24.2 Å². The summed E-state index contributed by atoms with van der Waals surface area (Å²) in [5.74, 6) is 0.333. The van der Waals surface area contributed by atoms with E-state index >= 15 is 0 Å². The van der Waals surface area contributed by atoms with Crippen molar-refractivity contribution in [2.75, 3.05) is 18.5 Å². The van der Waals surface area contributed by atoms with Crippen molar-refractivity contribution in [2.24, 2.45) is 0 Å². The lowest BCUT2D eigenvalue weighted by Gasteiger charge is -2.29. The number of hydrogen-bond donors (Lipinski definition) is 4. The molecule has 10 heteroatoms. The number of aliphatic hydroxyl groups excluding tert-OH is 1. The number of allylic oxidation sites excluding steroid dienone is 1. The Balaban J connectivity index is 1.93. The van der Waals surface area contributed by atoms with Crippen molar-refractivity contribution in [3.63, 3.8) is 0 Å². The predicted octanol–water partition coefficient (Wildman–Crippen LogP) is 5.40.